The summed E-state index contributed by atoms with van der Waals surface area (Å²) in [7, 11) is 0. The molecule has 0 unspecified atom stereocenters. The molecule has 3 nitrogen and oxygen atoms in total. The zero-order valence-corrected chi connectivity index (χ0v) is 10.4. The summed E-state index contributed by atoms with van der Waals surface area (Å²) in [5.41, 5.74) is 0.978. The number of rotatable bonds is 3. The van der Waals surface area contributed by atoms with E-state index in [1.807, 2.05) is 0 Å². The fourth-order valence-electron chi connectivity index (χ4n) is 2.11. The van der Waals surface area contributed by atoms with Crippen LogP contribution in [0.15, 0.2) is 24.3 Å². The van der Waals surface area contributed by atoms with Gasteiger partial charge in [-0.3, -0.25) is 4.90 Å². The summed E-state index contributed by atoms with van der Waals surface area (Å²) in [6, 6.07) is 6.37. The summed E-state index contributed by atoms with van der Waals surface area (Å²) in [5.74, 6) is -0.235. The van der Waals surface area contributed by atoms with Crippen molar-refractivity contribution in [2.45, 2.75) is 6.04 Å². The van der Waals surface area contributed by atoms with E-state index in [0.717, 1.165) is 31.7 Å². The Balaban J connectivity index is 0.00000144. The molecule has 2 rings (SSSR count). The van der Waals surface area contributed by atoms with Crippen LogP contribution in [-0.4, -0.2) is 42.8 Å². The first-order valence-corrected chi connectivity index (χ1v) is 5.62. The van der Waals surface area contributed by atoms with E-state index >= 15 is 0 Å². The van der Waals surface area contributed by atoms with Gasteiger partial charge in [0.2, 0.25) is 0 Å². The van der Waals surface area contributed by atoms with Gasteiger partial charge in [0.15, 0.2) is 0 Å². The summed E-state index contributed by atoms with van der Waals surface area (Å²) >= 11 is 0. The second kappa shape index (κ2) is 6.91. The minimum atomic E-state index is -0.235. The van der Waals surface area contributed by atoms with E-state index in [4.69, 9.17) is 0 Å². The van der Waals surface area contributed by atoms with E-state index < -0.39 is 0 Å². The Morgan fingerprint density at radius 2 is 1.82 bits per heavy atom. The maximum absolute atomic E-state index is 12.8. The third-order valence-electron chi connectivity index (χ3n) is 3.02. The van der Waals surface area contributed by atoms with E-state index in [-0.39, 0.29) is 30.9 Å². The van der Waals surface area contributed by atoms with Gasteiger partial charge in [-0.1, -0.05) is 12.1 Å². The van der Waals surface area contributed by atoms with Crippen LogP contribution in [0.1, 0.15) is 11.6 Å². The lowest BCUT2D eigenvalue weighted by atomic mass is 10.1. The standard InChI is InChI=1S/C12H17FN2O.ClH/c13-11-3-1-10(2-4-11)12(9-16)15-7-5-14-6-8-15;/h1-4,12,14,16H,5-9H2;1H/t12-;/m0./s1. The summed E-state index contributed by atoms with van der Waals surface area (Å²) in [6.07, 6.45) is 0. The Morgan fingerprint density at radius 1 is 1.24 bits per heavy atom. The third kappa shape index (κ3) is 3.64. The van der Waals surface area contributed by atoms with E-state index in [9.17, 15) is 9.50 Å². The molecule has 2 N–H and O–H groups in total. The molecule has 1 heterocycles. The summed E-state index contributed by atoms with van der Waals surface area (Å²) in [5, 5.41) is 12.7. The number of piperazine rings is 1. The predicted molar refractivity (Wildman–Crippen MR) is 67.9 cm³/mol. The Morgan fingerprint density at radius 3 is 2.35 bits per heavy atom. The van der Waals surface area contributed by atoms with Crippen molar-refractivity contribution in [3.05, 3.63) is 35.6 Å². The smallest absolute Gasteiger partial charge is 0.123 e. The monoisotopic (exact) mass is 260 g/mol. The average Bonchev–Trinajstić information content (AvgIpc) is 2.34. The quantitative estimate of drug-likeness (QED) is 0.857. The van der Waals surface area contributed by atoms with Gasteiger partial charge in [0.05, 0.1) is 12.6 Å². The molecule has 1 fully saturated rings. The van der Waals surface area contributed by atoms with Gasteiger partial charge in [-0.2, -0.15) is 0 Å². The molecule has 1 aromatic carbocycles. The highest BCUT2D eigenvalue weighted by Crippen LogP contribution is 2.20. The maximum atomic E-state index is 12.8. The molecule has 1 aliphatic heterocycles. The number of nitrogens with zero attached hydrogens (tertiary/aromatic N) is 1. The van der Waals surface area contributed by atoms with Crippen LogP contribution < -0.4 is 5.32 Å². The highest BCUT2D eigenvalue weighted by Gasteiger charge is 2.21. The largest absolute Gasteiger partial charge is 0.394 e. The lowest BCUT2D eigenvalue weighted by molar-refractivity contribution is 0.111. The van der Waals surface area contributed by atoms with Crippen LogP contribution in [0.4, 0.5) is 4.39 Å². The number of nitrogens with one attached hydrogen (secondary N) is 1. The van der Waals surface area contributed by atoms with Crippen LogP contribution in [-0.2, 0) is 0 Å². The van der Waals surface area contributed by atoms with Crippen LogP contribution in [0.3, 0.4) is 0 Å². The Bertz CT molecular complexity index is 328. The average molecular weight is 261 g/mol. The van der Waals surface area contributed by atoms with E-state index in [0.29, 0.717) is 0 Å². The normalized spacial score (nSPS) is 18.5. The second-order valence-electron chi connectivity index (χ2n) is 4.04. The maximum Gasteiger partial charge on any atom is 0.123 e. The van der Waals surface area contributed by atoms with Crippen molar-refractivity contribution in [1.29, 1.82) is 0 Å². The van der Waals surface area contributed by atoms with Crippen molar-refractivity contribution >= 4 is 12.4 Å². The molecule has 0 amide bonds. The lowest BCUT2D eigenvalue weighted by Crippen LogP contribution is -2.46. The van der Waals surface area contributed by atoms with Crippen LogP contribution in [0, 0.1) is 5.82 Å². The fourth-order valence-corrected chi connectivity index (χ4v) is 2.11. The van der Waals surface area contributed by atoms with Gasteiger partial charge >= 0.3 is 0 Å². The van der Waals surface area contributed by atoms with Crippen molar-refractivity contribution < 1.29 is 9.50 Å². The Kier molecular flexibility index (Phi) is 5.85. The van der Waals surface area contributed by atoms with Gasteiger partial charge in [0.25, 0.3) is 0 Å². The van der Waals surface area contributed by atoms with Crippen LogP contribution >= 0.6 is 12.4 Å². The third-order valence-corrected chi connectivity index (χ3v) is 3.02. The zero-order chi connectivity index (χ0) is 11.4. The van der Waals surface area contributed by atoms with Gasteiger partial charge < -0.3 is 10.4 Å². The molecule has 17 heavy (non-hydrogen) atoms. The minimum Gasteiger partial charge on any atom is -0.394 e. The molecule has 1 atom stereocenters. The van der Waals surface area contributed by atoms with Gasteiger partial charge in [-0.25, -0.2) is 4.39 Å². The molecule has 96 valence electrons. The lowest BCUT2D eigenvalue weighted by Gasteiger charge is -2.34. The molecule has 0 aromatic heterocycles. The van der Waals surface area contributed by atoms with E-state index in [1.165, 1.54) is 12.1 Å². The molecule has 0 radical (unpaired) electrons. The molecule has 1 aliphatic rings. The molecule has 1 saturated heterocycles. The fraction of sp³-hybridized carbons (Fsp3) is 0.500. The highest BCUT2D eigenvalue weighted by molar-refractivity contribution is 5.85. The summed E-state index contributed by atoms with van der Waals surface area (Å²) in [6.45, 7) is 3.80. The van der Waals surface area contributed by atoms with Gasteiger partial charge in [-0.05, 0) is 17.7 Å². The molecule has 0 spiro atoms. The number of aliphatic hydroxyl groups is 1. The Hall–Kier alpha value is -0.680. The van der Waals surface area contributed by atoms with Gasteiger partial charge in [-0.15, -0.1) is 12.4 Å². The number of halogens is 2. The molecular formula is C12H18ClFN2O. The summed E-state index contributed by atoms with van der Waals surface area (Å²) in [4.78, 5) is 2.23. The molecule has 5 heteroatoms. The molecule has 1 aromatic rings. The first kappa shape index (κ1) is 14.4. The molecular weight excluding hydrogens is 243 g/mol. The van der Waals surface area contributed by atoms with Crippen LogP contribution in [0.2, 0.25) is 0 Å². The number of hydrogen-bond acceptors (Lipinski definition) is 3. The van der Waals surface area contributed by atoms with Gasteiger partial charge in [0, 0.05) is 26.2 Å². The highest BCUT2D eigenvalue weighted by atomic mass is 35.5. The zero-order valence-electron chi connectivity index (χ0n) is 9.60. The predicted octanol–water partition coefficient (Wildman–Crippen LogP) is 1.19. The van der Waals surface area contributed by atoms with Crippen LogP contribution in [0.5, 0.6) is 0 Å². The number of aliphatic hydroxyl groups excluding tert-OH is 1. The number of hydrogen-bond donors (Lipinski definition) is 2. The first-order chi connectivity index (χ1) is 7.81. The van der Waals surface area contributed by atoms with Crippen molar-refractivity contribution in [3.8, 4) is 0 Å². The van der Waals surface area contributed by atoms with Crippen molar-refractivity contribution in [3.63, 3.8) is 0 Å². The minimum absolute atomic E-state index is 0. The summed E-state index contributed by atoms with van der Waals surface area (Å²) < 4.78 is 12.8. The topological polar surface area (TPSA) is 35.5 Å². The van der Waals surface area contributed by atoms with Crippen LogP contribution in [0.25, 0.3) is 0 Å². The van der Waals surface area contributed by atoms with Crippen molar-refractivity contribution in [1.82, 2.24) is 10.2 Å². The van der Waals surface area contributed by atoms with Gasteiger partial charge in [0.1, 0.15) is 5.82 Å². The van der Waals surface area contributed by atoms with Crippen molar-refractivity contribution in [2.24, 2.45) is 0 Å². The molecule has 0 saturated carbocycles. The molecule has 0 aliphatic carbocycles. The molecule has 0 bridgehead atoms. The van der Waals surface area contributed by atoms with E-state index in [2.05, 4.69) is 10.2 Å². The first-order valence-electron chi connectivity index (χ1n) is 5.62. The Labute approximate surface area is 107 Å². The van der Waals surface area contributed by atoms with E-state index in [1.54, 1.807) is 12.1 Å². The van der Waals surface area contributed by atoms with Crippen molar-refractivity contribution in [2.75, 3.05) is 32.8 Å². The SMILES string of the molecule is Cl.OC[C@@H](c1ccc(F)cc1)N1CCNCC1. The number of benzene rings is 1. The second-order valence-corrected chi connectivity index (χ2v) is 4.04.